The fraction of sp³-hybridized carbons (Fsp3) is 0.833. The van der Waals surface area contributed by atoms with E-state index in [1.807, 2.05) is 0 Å². The summed E-state index contributed by atoms with van der Waals surface area (Å²) in [5.74, 6) is 0.710. The number of nitrogens with one attached hydrogen (secondary N) is 2. The van der Waals surface area contributed by atoms with Gasteiger partial charge in [0.2, 0.25) is 10.0 Å². The Balaban J connectivity index is 1.74. The van der Waals surface area contributed by atoms with Crippen LogP contribution in [0.2, 0.25) is 0 Å². The topological polar surface area (TPSA) is 58.2 Å². The Kier molecular flexibility index (Phi) is 4.59. The van der Waals surface area contributed by atoms with Gasteiger partial charge in [-0.25, -0.2) is 13.1 Å². The predicted octanol–water partition coefficient (Wildman–Crippen LogP) is 1.01. The molecule has 2 aliphatic rings. The smallest absolute Gasteiger partial charge is 0.213 e. The normalized spacial score (nSPS) is 29.6. The summed E-state index contributed by atoms with van der Waals surface area (Å²) in [5.41, 5.74) is 0. The van der Waals surface area contributed by atoms with Gasteiger partial charge in [0.15, 0.2) is 0 Å². The van der Waals surface area contributed by atoms with Crippen molar-refractivity contribution in [3.05, 3.63) is 12.2 Å². The van der Waals surface area contributed by atoms with Crippen LogP contribution in [0.4, 0.5) is 0 Å². The Labute approximate surface area is 104 Å². The Morgan fingerprint density at radius 1 is 1.29 bits per heavy atom. The summed E-state index contributed by atoms with van der Waals surface area (Å²) in [6.07, 6.45) is 9.58. The molecule has 2 unspecified atom stereocenters. The van der Waals surface area contributed by atoms with Crippen LogP contribution in [0.1, 0.15) is 32.1 Å². The Morgan fingerprint density at radius 3 is 2.82 bits per heavy atom. The Hall–Kier alpha value is -0.390. The van der Waals surface area contributed by atoms with E-state index in [1.165, 1.54) is 0 Å². The maximum atomic E-state index is 11.9. The molecule has 0 amide bonds. The van der Waals surface area contributed by atoms with Crippen molar-refractivity contribution in [2.45, 2.75) is 38.1 Å². The van der Waals surface area contributed by atoms with Crippen molar-refractivity contribution in [3.63, 3.8) is 0 Å². The number of hydrogen-bond acceptors (Lipinski definition) is 3. The van der Waals surface area contributed by atoms with Gasteiger partial charge in [-0.1, -0.05) is 12.2 Å². The first-order valence-corrected chi connectivity index (χ1v) is 8.17. The fourth-order valence-corrected chi connectivity index (χ4v) is 3.93. The van der Waals surface area contributed by atoms with Crippen molar-refractivity contribution in [1.29, 1.82) is 0 Å². The van der Waals surface area contributed by atoms with E-state index >= 15 is 0 Å². The van der Waals surface area contributed by atoms with Crippen molar-refractivity contribution in [2.24, 2.45) is 5.92 Å². The standard InChI is InChI=1S/C12H22N2O2S/c15-17(16,10-12-7-4-8-13-12)14-9-11-5-2-1-3-6-11/h1-2,11-14H,3-10H2. The molecule has 0 spiro atoms. The molecule has 0 radical (unpaired) electrons. The molecule has 0 aromatic heterocycles. The molecule has 1 aliphatic heterocycles. The SMILES string of the molecule is O=S(=O)(CC1CCCN1)NCC1CC=CCC1. The fourth-order valence-electron chi connectivity index (χ4n) is 2.51. The molecule has 98 valence electrons. The highest BCUT2D eigenvalue weighted by Crippen LogP contribution is 2.17. The van der Waals surface area contributed by atoms with Gasteiger partial charge in [-0.3, -0.25) is 0 Å². The highest BCUT2D eigenvalue weighted by molar-refractivity contribution is 7.89. The van der Waals surface area contributed by atoms with Crippen molar-refractivity contribution in [3.8, 4) is 0 Å². The summed E-state index contributed by atoms with van der Waals surface area (Å²) >= 11 is 0. The second-order valence-corrected chi connectivity index (χ2v) is 6.93. The van der Waals surface area contributed by atoms with E-state index in [1.54, 1.807) is 0 Å². The molecule has 1 saturated heterocycles. The first-order valence-electron chi connectivity index (χ1n) is 6.51. The van der Waals surface area contributed by atoms with Gasteiger partial charge in [-0.05, 0) is 44.6 Å². The molecular formula is C12H22N2O2S. The lowest BCUT2D eigenvalue weighted by Gasteiger charge is -2.19. The van der Waals surface area contributed by atoms with Crippen LogP contribution in [0.3, 0.4) is 0 Å². The summed E-state index contributed by atoms with van der Waals surface area (Å²) in [6, 6.07) is 0.152. The maximum absolute atomic E-state index is 11.9. The Bertz CT molecular complexity index is 359. The molecule has 0 aromatic carbocycles. The molecule has 1 aliphatic carbocycles. The van der Waals surface area contributed by atoms with Gasteiger partial charge in [0.25, 0.3) is 0 Å². The third kappa shape index (κ3) is 4.41. The lowest BCUT2D eigenvalue weighted by molar-refractivity contribution is 0.466. The molecule has 17 heavy (non-hydrogen) atoms. The molecule has 0 bridgehead atoms. The average molecular weight is 258 g/mol. The quantitative estimate of drug-likeness (QED) is 0.724. The van der Waals surface area contributed by atoms with Crippen LogP contribution in [0.5, 0.6) is 0 Å². The number of hydrogen-bond donors (Lipinski definition) is 2. The highest BCUT2D eigenvalue weighted by atomic mass is 32.2. The number of sulfonamides is 1. The van der Waals surface area contributed by atoms with E-state index in [0.29, 0.717) is 12.5 Å². The van der Waals surface area contributed by atoms with Crippen LogP contribution in [0, 0.1) is 5.92 Å². The van der Waals surface area contributed by atoms with Crippen LogP contribution in [-0.2, 0) is 10.0 Å². The van der Waals surface area contributed by atoms with E-state index in [-0.39, 0.29) is 11.8 Å². The first kappa shape index (κ1) is 13.1. The van der Waals surface area contributed by atoms with E-state index in [9.17, 15) is 8.42 Å². The minimum Gasteiger partial charge on any atom is -0.313 e. The van der Waals surface area contributed by atoms with Crippen molar-refractivity contribution < 1.29 is 8.42 Å². The lowest BCUT2D eigenvalue weighted by atomic mass is 9.95. The van der Waals surface area contributed by atoms with Gasteiger partial charge in [-0.2, -0.15) is 0 Å². The second kappa shape index (κ2) is 5.98. The Morgan fingerprint density at radius 2 is 2.18 bits per heavy atom. The van der Waals surface area contributed by atoms with Crippen LogP contribution >= 0.6 is 0 Å². The lowest BCUT2D eigenvalue weighted by Crippen LogP contribution is -2.38. The summed E-state index contributed by atoms with van der Waals surface area (Å²) in [6.45, 7) is 1.55. The van der Waals surface area contributed by atoms with Crippen LogP contribution < -0.4 is 10.0 Å². The van der Waals surface area contributed by atoms with Gasteiger partial charge in [0, 0.05) is 12.6 Å². The molecule has 0 aromatic rings. The minimum atomic E-state index is -3.10. The summed E-state index contributed by atoms with van der Waals surface area (Å²) in [7, 11) is -3.10. The van der Waals surface area contributed by atoms with Gasteiger partial charge in [-0.15, -0.1) is 0 Å². The molecule has 1 heterocycles. The minimum absolute atomic E-state index is 0.152. The van der Waals surface area contributed by atoms with E-state index in [4.69, 9.17) is 0 Å². The summed E-state index contributed by atoms with van der Waals surface area (Å²) in [5, 5.41) is 3.22. The number of rotatable bonds is 5. The van der Waals surface area contributed by atoms with Crippen molar-refractivity contribution in [1.82, 2.24) is 10.0 Å². The van der Waals surface area contributed by atoms with Crippen molar-refractivity contribution in [2.75, 3.05) is 18.8 Å². The monoisotopic (exact) mass is 258 g/mol. The molecular weight excluding hydrogens is 236 g/mol. The molecule has 2 atom stereocenters. The highest BCUT2D eigenvalue weighted by Gasteiger charge is 2.22. The van der Waals surface area contributed by atoms with Gasteiger partial charge < -0.3 is 5.32 Å². The molecule has 4 nitrogen and oxygen atoms in total. The average Bonchev–Trinajstić information content (AvgIpc) is 2.80. The predicted molar refractivity (Wildman–Crippen MR) is 69.3 cm³/mol. The zero-order valence-electron chi connectivity index (χ0n) is 10.2. The molecule has 5 heteroatoms. The molecule has 1 fully saturated rings. The second-order valence-electron chi connectivity index (χ2n) is 5.07. The van der Waals surface area contributed by atoms with Crippen LogP contribution in [-0.4, -0.2) is 33.3 Å². The largest absolute Gasteiger partial charge is 0.313 e. The van der Waals surface area contributed by atoms with E-state index in [0.717, 1.165) is 38.6 Å². The summed E-state index contributed by atoms with van der Waals surface area (Å²) < 4.78 is 26.5. The van der Waals surface area contributed by atoms with Gasteiger partial charge in [0.1, 0.15) is 0 Å². The first-order chi connectivity index (χ1) is 8.16. The van der Waals surface area contributed by atoms with Gasteiger partial charge in [0.05, 0.1) is 5.75 Å². The molecule has 2 rings (SSSR count). The molecule has 2 N–H and O–H groups in total. The third-order valence-corrected chi connectivity index (χ3v) is 5.00. The zero-order valence-corrected chi connectivity index (χ0v) is 11.0. The van der Waals surface area contributed by atoms with E-state index in [2.05, 4.69) is 22.2 Å². The maximum Gasteiger partial charge on any atom is 0.213 e. The van der Waals surface area contributed by atoms with Gasteiger partial charge >= 0.3 is 0 Å². The van der Waals surface area contributed by atoms with Crippen LogP contribution in [0.25, 0.3) is 0 Å². The van der Waals surface area contributed by atoms with E-state index < -0.39 is 10.0 Å². The van der Waals surface area contributed by atoms with Crippen molar-refractivity contribution >= 4 is 10.0 Å². The zero-order chi connectivity index (χ0) is 12.1. The third-order valence-electron chi connectivity index (χ3n) is 3.55. The number of allylic oxidation sites excluding steroid dienone is 2. The van der Waals surface area contributed by atoms with Crippen LogP contribution in [0.15, 0.2) is 12.2 Å². The molecule has 0 saturated carbocycles. The summed E-state index contributed by atoms with van der Waals surface area (Å²) in [4.78, 5) is 0.